The number of aliphatic carboxylic acids is 2. The minimum atomic E-state index is -3.78. The van der Waals surface area contributed by atoms with Crippen LogP contribution in [0.1, 0.15) is 26.7 Å². The summed E-state index contributed by atoms with van der Waals surface area (Å²) in [5.74, 6) is -4.33. The number of nitrogens with one attached hydrogen (secondary N) is 1. The van der Waals surface area contributed by atoms with Gasteiger partial charge in [-0.1, -0.05) is 0 Å². The summed E-state index contributed by atoms with van der Waals surface area (Å²) >= 11 is 3.99. The molecule has 29 heavy (non-hydrogen) atoms. The van der Waals surface area contributed by atoms with Crippen LogP contribution in [0.3, 0.4) is 0 Å². The molecule has 0 aliphatic carbocycles. The summed E-state index contributed by atoms with van der Waals surface area (Å²) in [6.07, 6.45) is -1.04. The predicted molar refractivity (Wildman–Crippen MR) is 106 cm³/mol. The normalized spacial score (nSPS) is 13.4. The molecular formula is C15H28N3O9PS. The van der Waals surface area contributed by atoms with Crippen LogP contribution in [-0.4, -0.2) is 82.7 Å². The lowest BCUT2D eigenvalue weighted by Crippen LogP contribution is -2.51. The molecule has 0 aliphatic heterocycles. The zero-order chi connectivity index (χ0) is 22.6. The maximum Gasteiger partial charge on any atom is 0.349 e. The first kappa shape index (κ1) is 27.3. The van der Waals surface area contributed by atoms with Gasteiger partial charge in [-0.2, -0.15) is 12.6 Å². The topological polar surface area (TPSA) is 186 Å². The van der Waals surface area contributed by atoms with E-state index in [9.17, 15) is 23.7 Å². The highest BCUT2D eigenvalue weighted by molar-refractivity contribution is 7.80. The van der Waals surface area contributed by atoms with Crippen LogP contribution in [0.15, 0.2) is 0 Å². The number of carboxylic acid groups (broad SMARTS) is 2. The third-order valence-electron chi connectivity index (χ3n) is 3.45. The standard InChI is InChI=1S/C15H28N3O9PS/c1-3-26-28(25,27-4-2)9-18(7-13(20)21)14(22)11(8-29)17-12(19)6-5-10(16)15(23)24/h10-11,29H,3-9,16H2,1-2H3,(H,17,19)(H,20,21)(H,23,24). The van der Waals surface area contributed by atoms with Crippen molar-refractivity contribution in [2.45, 2.75) is 38.8 Å². The van der Waals surface area contributed by atoms with Gasteiger partial charge in [-0.15, -0.1) is 0 Å². The minimum Gasteiger partial charge on any atom is -0.480 e. The third-order valence-corrected chi connectivity index (χ3v) is 5.80. The number of carboxylic acids is 2. The SMILES string of the molecule is CCOP(=O)(CN(CC(=O)O)C(=O)C(CS)NC(=O)CCC(N)C(=O)O)OCC. The highest BCUT2D eigenvalue weighted by Gasteiger charge is 2.34. The lowest BCUT2D eigenvalue weighted by atomic mass is 10.1. The molecule has 5 N–H and O–H groups in total. The molecular weight excluding hydrogens is 429 g/mol. The Bertz CT molecular complexity index is 624. The number of amides is 2. The molecule has 0 saturated carbocycles. The Balaban J connectivity index is 5.26. The Hall–Kier alpha value is -1.66. The van der Waals surface area contributed by atoms with Crippen molar-refractivity contribution in [3.05, 3.63) is 0 Å². The molecule has 0 bridgehead atoms. The molecule has 0 rings (SSSR count). The maximum absolute atomic E-state index is 12.7. The molecule has 0 fully saturated rings. The van der Waals surface area contributed by atoms with E-state index < -0.39 is 56.3 Å². The summed E-state index contributed by atoms with van der Waals surface area (Å²) in [6.45, 7) is 2.36. The van der Waals surface area contributed by atoms with Gasteiger partial charge in [0.2, 0.25) is 11.8 Å². The molecule has 0 aliphatic rings. The molecule has 0 spiro atoms. The van der Waals surface area contributed by atoms with Crippen LogP contribution >= 0.6 is 20.2 Å². The molecule has 2 atom stereocenters. The van der Waals surface area contributed by atoms with Gasteiger partial charge in [0.25, 0.3) is 0 Å². The van der Waals surface area contributed by atoms with Crippen molar-refractivity contribution < 1.29 is 43.0 Å². The van der Waals surface area contributed by atoms with Gasteiger partial charge < -0.3 is 35.2 Å². The summed E-state index contributed by atoms with van der Waals surface area (Å²) in [6, 6.07) is -2.47. The van der Waals surface area contributed by atoms with E-state index in [4.69, 9.17) is 25.0 Å². The number of thiol groups is 1. The van der Waals surface area contributed by atoms with E-state index in [1.807, 2.05) is 0 Å². The number of nitrogens with two attached hydrogens (primary N) is 1. The van der Waals surface area contributed by atoms with E-state index in [0.29, 0.717) is 0 Å². The van der Waals surface area contributed by atoms with E-state index in [0.717, 1.165) is 4.90 Å². The van der Waals surface area contributed by atoms with Crippen LogP contribution in [0, 0.1) is 0 Å². The van der Waals surface area contributed by atoms with Crippen LogP contribution in [0.25, 0.3) is 0 Å². The number of carbonyl (C=O) groups excluding carboxylic acids is 2. The first-order valence-corrected chi connectivity index (χ1v) is 11.1. The Labute approximate surface area is 174 Å². The van der Waals surface area contributed by atoms with Crippen LogP contribution in [-0.2, 0) is 32.8 Å². The molecule has 0 aromatic heterocycles. The van der Waals surface area contributed by atoms with Crippen LogP contribution in [0.4, 0.5) is 0 Å². The highest BCUT2D eigenvalue weighted by atomic mass is 32.1. The predicted octanol–water partition coefficient (Wildman–Crippen LogP) is -0.270. The van der Waals surface area contributed by atoms with Crippen molar-refractivity contribution in [1.29, 1.82) is 0 Å². The second-order valence-corrected chi connectivity index (χ2v) is 8.19. The number of rotatable bonds is 15. The van der Waals surface area contributed by atoms with Gasteiger partial charge in [-0.3, -0.25) is 23.7 Å². The summed E-state index contributed by atoms with van der Waals surface area (Å²) in [4.78, 5) is 47.3. The number of carbonyl (C=O) groups is 4. The molecule has 0 heterocycles. The first-order valence-electron chi connectivity index (χ1n) is 8.76. The third kappa shape index (κ3) is 10.6. The fraction of sp³-hybridized carbons (Fsp3) is 0.733. The average Bonchev–Trinajstić information content (AvgIpc) is 2.62. The molecule has 2 amide bonds. The second-order valence-electron chi connectivity index (χ2n) is 5.80. The summed E-state index contributed by atoms with van der Waals surface area (Å²) in [5.41, 5.74) is 5.32. The van der Waals surface area contributed by atoms with Crippen molar-refractivity contribution in [2.75, 3.05) is 31.8 Å². The van der Waals surface area contributed by atoms with E-state index in [1.54, 1.807) is 13.8 Å². The lowest BCUT2D eigenvalue weighted by molar-refractivity contribution is -0.145. The van der Waals surface area contributed by atoms with Crippen molar-refractivity contribution in [3.63, 3.8) is 0 Å². The fourth-order valence-corrected chi connectivity index (χ4v) is 4.09. The Morgan fingerprint density at radius 3 is 2.14 bits per heavy atom. The van der Waals surface area contributed by atoms with Gasteiger partial charge in [-0.05, 0) is 20.3 Å². The summed E-state index contributed by atoms with van der Waals surface area (Å²) in [5, 5.41) is 20.2. The molecule has 0 aromatic carbocycles. The van der Waals surface area contributed by atoms with Crippen molar-refractivity contribution in [1.82, 2.24) is 10.2 Å². The largest absolute Gasteiger partial charge is 0.480 e. The van der Waals surface area contributed by atoms with Crippen LogP contribution < -0.4 is 11.1 Å². The monoisotopic (exact) mass is 457 g/mol. The average molecular weight is 457 g/mol. The highest BCUT2D eigenvalue weighted by Crippen LogP contribution is 2.48. The zero-order valence-corrected chi connectivity index (χ0v) is 18.1. The minimum absolute atomic E-state index is 0.0168. The number of hydrogen-bond donors (Lipinski definition) is 5. The second kappa shape index (κ2) is 13.5. The Morgan fingerprint density at radius 1 is 1.17 bits per heavy atom. The van der Waals surface area contributed by atoms with Crippen molar-refractivity contribution in [3.8, 4) is 0 Å². The number of nitrogens with zero attached hydrogens (tertiary/aromatic N) is 1. The smallest absolute Gasteiger partial charge is 0.349 e. The summed E-state index contributed by atoms with van der Waals surface area (Å²) < 4.78 is 22.8. The molecule has 0 aromatic rings. The van der Waals surface area contributed by atoms with E-state index in [-0.39, 0.29) is 31.8 Å². The van der Waals surface area contributed by atoms with Gasteiger partial charge in [0.1, 0.15) is 24.9 Å². The van der Waals surface area contributed by atoms with Gasteiger partial charge in [0.15, 0.2) is 0 Å². The van der Waals surface area contributed by atoms with Gasteiger partial charge >= 0.3 is 19.5 Å². The fourth-order valence-electron chi connectivity index (χ4n) is 2.16. The lowest BCUT2D eigenvalue weighted by Gasteiger charge is -2.28. The zero-order valence-electron chi connectivity index (χ0n) is 16.3. The molecule has 0 saturated heterocycles. The van der Waals surface area contributed by atoms with Gasteiger partial charge in [0.05, 0.1) is 13.2 Å². The van der Waals surface area contributed by atoms with E-state index in [1.165, 1.54) is 0 Å². The van der Waals surface area contributed by atoms with Gasteiger partial charge in [0, 0.05) is 12.2 Å². The van der Waals surface area contributed by atoms with E-state index >= 15 is 0 Å². The van der Waals surface area contributed by atoms with Crippen molar-refractivity contribution >= 4 is 44.0 Å². The Kier molecular flexibility index (Phi) is 12.8. The first-order chi connectivity index (χ1) is 13.5. The molecule has 168 valence electrons. The van der Waals surface area contributed by atoms with Crippen LogP contribution in [0.2, 0.25) is 0 Å². The van der Waals surface area contributed by atoms with Gasteiger partial charge in [-0.25, -0.2) is 0 Å². The van der Waals surface area contributed by atoms with E-state index in [2.05, 4.69) is 17.9 Å². The molecule has 0 radical (unpaired) electrons. The van der Waals surface area contributed by atoms with Crippen LogP contribution in [0.5, 0.6) is 0 Å². The van der Waals surface area contributed by atoms with Crippen molar-refractivity contribution in [2.24, 2.45) is 5.73 Å². The molecule has 2 unspecified atom stereocenters. The number of hydrogen-bond acceptors (Lipinski definition) is 9. The molecule has 14 heteroatoms. The Morgan fingerprint density at radius 2 is 1.72 bits per heavy atom. The summed E-state index contributed by atoms with van der Waals surface area (Å²) in [7, 11) is -3.78. The quantitative estimate of drug-likeness (QED) is 0.162. The molecule has 12 nitrogen and oxygen atoms in total. The maximum atomic E-state index is 12.7.